The molecule has 1 heterocycles. The highest BCUT2D eigenvalue weighted by Gasteiger charge is 2.10. The molecule has 0 fully saturated rings. The van der Waals surface area contributed by atoms with Gasteiger partial charge in [0.05, 0.1) is 10.6 Å². The van der Waals surface area contributed by atoms with Crippen molar-refractivity contribution in [1.29, 1.82) is 5.26 Å². The molecule has 0 aliphatic carbocycles. The van der Waals surface area contributed by atoms with E-state index in [1.165, 1.54) is 11.8 Å². The Hall–Kier alpha value is -1.71. The summed E-state index contributed by atoms with van der Waals surface area (Å²) in [6, 6.07) is 7.13. The maximum absolute atomic E-state index is 11.5. The summed E-state index contributed by atoms with van der Waals surface area (Å²) in [5, 5.41) is 16.2. The molecular weight excluding hydrogens is 284 g/mol. The molecule has 1 N–H and O–H groups in total. The maximum Gasteiger partial charge on any atom is 0.343 e. The SMILES string of the molecule is CCCn1c(Sc2ccc(C#N)c(Cl)c2)n[nH]c1=O. The zero-order chi connectivity index (χ0) is 13.8. The van der Waals surface area contributed by atoms with Gasteiger partial charge in [0.25, 0.3) is 0 Å². The van der Waals surface area contributed by atoms with Crippen molar-refractivity contribution in [1.82, 2.24) is 14.8 Å². The molecule has 0 amide bonds. The quantitative estimate of drug-likeness (QED) is 0.940. The summed E-state index contributed by atoms with van der Waals surface area (Å²) in [4.78, 5) is 12.4. The third-order valence-electron chi connectivity index (χ3n) is 2.44. The van der Waals surface area contributed by atoms with Gasteiger partial charge in [-0.05, 0) is 36.4 Å². The van der Waals surface area contributed by atoms with Gasteiger partial charge in [0.1, 0.15) is 6.07 Å². The van der Waals surface area contributed by atoms with Crippen LogP contribution in [0.5, 0.6) is 0 Å². The Kier molecular flexibility index (Phi) is 4.30. The van der Waals surface area contributed by atoms with E-state index in [1.54, 1.807) is 22.8 Å². The highest BCUT2D eigenvalue weighted by molar-refractivity contribution is 7.99. The van der Waals surface area contributed by atoms with Gasteiger partial charge in [-0.25, -0.2) is 9.89 Å². The number of benzene rings is 1. The molecule has 98 valence electrons. The van der Waals surface area contributed by atoms with Gasteiger partial charge >= 0.3 is 5.69 Å². The van der Waals surface area contributed by atoms with E-state index in [0.717, 1.165) is 11.3 Å². The highest BCUT2D eigenvalue weighted by atomic mass is 35.5. The molecular formula is C12H11ClN4OS. The van der Waals surface area contributed by atoms with E-state index in [1.807, 2.05) is 13.0 Å². The largest absolute Gasteiger partial charge is 0.343 e. The van der Waals surface area contributed by atoms with Crippen molar-refractivity contribution in [2.24, 2.45) is 0 Å². The molecule has 0 radical (unpaired) electrons. The zero-order valence-electron chi connectivity index (χ0n) is 10.2. The standard InChI is InChI=1S/C12H11ClN4OS/c1-2-5-17-11(18)15-16-12(17)19-9-4-3-8(7-14)10(13)6-9/h3-4,6H,2,5H2,1H3,(H,15,18). The van der Waals surface area contributed by atoms with Crippen molar-refractivity contribution in [2.45, 2.75) is 29.9 Å². The van der Waals surface area contributed by atoms with Crippen molar-refractivity contribution in [2.75, 3.05) is 0 Å². The van der Waals surface area contributed by atoms with Gasteiger partial charge in [-0.15, -0.1) is 5.10 Å². The molecule has 5 nitrogen and oxygen atoms in total. The number of aromatic nitrogens is 3. The van der Waals surface area contributed by atoms with E-state index in [2.05, 4.69) is 10.2 Å². The van der Waals surface area contributed by atoms with Crippen molar-refractivity contribution in [3.63, 3.8) is 0 Å². The molecule has 1 aromatic carbocycles. The first-order chi connectivity index (χ1) is 9.15. The van der Waals surface area contributed by atoms with Crippen molar-refractivity contribution in [3.8, 4) is 6.07 Å². The molecule has 0 saturated carbocycles. The van der Waals surface area contributed by atoms with Gasteiger partial charge in [-0.2, -0.15) is 5.26 Å². The summed E-state index contributed by atoms with van der Waals surface area (Å²) in [5.41, 5.74) is 0.211. The van der Waals surface area contributed by atoms with Gasteiger partial charge in [0, 0.05) is 11.4 Å². The fourth-order valence-corrected chi connectivity index (χ4v) is 2.74. The molecule has 0 aliphatic rings. The lowest BCUT2D eigenvalue weighted by Crippen LogP contribution is -2.17. The van der Waals surface area contributed by atoms with Crippen LogP contribution in [0, 0.1) is 11.3 Å². The van der Waals surface area contributed by atoms with E-state index < -0.39 is 0 Å². The van der Waals surface area contributed by atoms with Gasteiger partial charge in [0.15, 0.2) is 5.16 Å². The zero-order valence-corrected chi connectivity index (χ0v) is 11.8. The molecule has 0 bridgehead atoms. The smallest absolute Gasteiger partial charge is 0.270 e. The Morgan fingerprint density at radius 3 is 3.00 bits per heavy atom. The molecule has 0 atom stereocenters. The van der Waals surface area contributed by atoms with Crippen LogP contribution in [0.3, 0.4) is 0 Å². The fourth-order valence-electron chi connectivity index (χ4n) is 1.56. The van der Waals surface area contributed by atoms with Crippen LogP contribution in [-0.4, -0.2) is 14.8 Å². The normalized spacial score (nSPS) is 10.4. The van der Waals surface area contributed by atoms with Gasteiger partial charge in [-0.1, -0.05) is 18.5 Å². The van der Waals surface area contributed by atoms with E-state index in [0.29, 0.717) is 22.3 Å². The second-order valence-corrected chi connectivity index (χ2v) is 5.27. The number of hydrogen-bond acceptors (Lipinski definition) is 4. The topological polar surface area (TPSA) is 74.5 Å². The lowest BCUT2D eigenvalue weighted by atomic mass is 10.2. The molecule has 0 unspecified atom stereocenters. The average Bonchev–Trinajstić information content (AvgIpc) is 2.72. The van der Waals surface area contributed by atoms with E-state index in [9.17, 15) is 4.79 Å². The van der Waals surface area contributed by atoms with Crippen LogP contribution >= 0.6 is 23.4 Å². The Bertz CT molecular complexity index is 686. The first-order valence-electron chi connectivity index (χ1n) is 5.68. The molecule has 0 aliphatic heterocycles. The Morgan fingerprint density at radius 2 is 2.37 bits per heavy atom. The van der Waals surface area contributed by atoms with Gasteiger partial charge in [-0.3, -0.25) is 4.57 Å². The number of hydrogen-bond donors (Lipinski definition) is 1. The Morgan fingerprint density at radius 1 is 1.58 bits per heavy atom. The molecule has 19 heavy (non-hydrogen) atoms. The third-order valence-corrected chi connectivity index (χ3v) is 3.74. The first-order valence-corrected chi connectivity index (χ1v) is 6.88. The average molecular weight is 295 g/mol. The van der Waals surface area contributed by atoms with Gasteiger partial charge in [0.2, 0.25) is 0 Å². The predicted molar refractivity (Wildman–Crippen MR) is 73.4 cm³/mol. The number of H-pyrrole nitrogens is 1. The number of nitrogens with zero attached hydrogens (tertiary/aromatic N) is 3. The summed E-state index contributed by atoms with van der Waals surface area (Å²) in [7, 11) is 0. The molecule has 2 rings (SSSR count). The van der Waals surface area contributed by atoms with Crippen LogP contribution < -0.4 is 5.69 Å². The number of nitrogens with one attached hydrogen (secondary N) is 1. The lowest BCUT2D eigenvalue weighted by Gasteiger charge is -2.04. The summed E-state index contributed by atoms with van der Waals surface area (Å²) in [6.45, 7) is 2.61. The van der Waals surface area contributed by atoms with Crippen LogP contribution in [0.4, 0.5) is 0 Å². The fraction of sp³-hybridized carbons (Fsp3) is 0.250. The second kappa shape index (κ2) is 5.95. The first kappa shape index (κ1) is 13.7. The molecule has 0 spiro atoms. The number of halogens is 1. The van der Waals surface area contributed by atoms with Crippen LogP contribution in [0.25, 0.3) is 0 Å². The van der Waals surface area contributed by atoms with Crippen molar-refractivity contribution < 1.29 is 0 Å². The highest BCUT2D eigenvalue weighted by Crippen LogP contribution is 2.28. The maximum atomic E-state index is 11.5. The molecule has 0 saturated heterocycles. The van der Waals surface area contributed by atoms with Crippen LogP contribution in [-0.2, 0) is 6.54 Å². The molecule has 2 aromatic rings. The Balaban J connectivity index is 2.29. The monoisotopic (exact) mass is 294 g/mol. The van der Waals surface area contributed by atoms with E-state index in [-0.39, 0.29) is 5.69 Å². The van der Waals surface area contributed by atoms with Crippen molar-refractivity contribution >= 4 is 23.4 Å². The third kappa shape index (κ3) is 3.00. The minimum atomic E-state index is -0.218. The predicted octanol–water partition coefficient (Wildman–Crippen LogP) is 2.66. The summed E-state index contributed by atoms with van der Waals surface area (Å²) in [5.74, 6) is 0. The molecule has 1 aromatic heterocycles. The number of nitriles is 1. The van der Waals surface area contributed by atoms with Crippen LogP contribution in [0.15, 0.2) is 33.0 Å². The Labute approximate surface area is 119 Å². The minimum Gasteiger partial charge on any atom is -0.270 e. The van der Waals surface area contributed by atoms with E-state index in [4.69, 9.17) is 16.9 Å². The van der Waals surface area contributed by atoms with Crippen LogP contribution in [0.1, 0.15) is 18.9 Å². The summed E-state index contributed by atoms with van der Waals surface area (Å²) < 4.78 is 1.58. The summed E-state index contributed by atoms with van der Waals surface area (Å²) in [6.07, 6.45) is 0.848. The second-order valence-electron chi connectivity index (χ2n) is 3.82. The number of rotatable bonds is 4. The minimum absolute atomic E-state index is 0.218. The number of aromatic amines is 1. The van der Waals surface area contributed by atoms with E-state index >= 15 is 0 Å². The molecule has 7 heteroatoms. The van der Waals surface area contributed by atoms with Crippen molar-refractivity contribution in [3.05, 3.63) is 39.3 Å². The summed E-state index contributed by atoms with van der Waals surface area (Å²) >= 11 is 7.30. The van der Waals surface area contributed by atoms with Crippen LogP contribution in [0.2, 0.25) is 5.02 Å². The van der Waals surface area contributed by atoms with Gasteiger partial charge < -0.3 is 0 Å². The lowest BCUT2D eigenvalue weighted by molar-refractivity contribution is 0.604.